The standard InChI is InChI=1S/C11H26N2O2/c1-11(10-15-4)13(8-9-14-3)7-5-6-12-2/h11-12H,5-10H2,1-4H3. The third-order valence-corrected chi connectivity index (χ3v) is 2.49. The summed E-state index contributed by atoms with van der Waals surface area (Å²) in [4.78, 5) is 2.41. The summed E-state index contributed by atoms with van der Waals surface area (Å²) in [5.74, 6) is 0. The first kappa shape index (κ1) is 14.8. The molecule has 4 nitrogen and oxygen atoms in total. The number of methoxy groups -OCH3 is 2. The van der Waals surface area contributed by atoms with Gasteiger partial charge in [0.15, 0.2) is 0 Å². The lowest BCUT2D eigenvalue weighted by Crippen LogP contribution is -2.39. The fraction of sp³-hybridized carbons (Fsp3) is 1.00. The molecule has 0 rings (SSSR count). The maximum Gasteiger partial charge on any atom is 0.0615 e. The summed E-state index contributed by atoms with van der Waals surface area (Å²) in [7, 11) is 5.48. The summed E-state index contributed by atoms with van der Waals surface area (Å²) < 4.78 is 10.3. The third-order valence-electron chi connectivity index (χ3n) is 2.49. The van der Waals surface area contributed by atoms with E-state index in [1.807, 2.05) is 7.05 Å². The van der Waals surface area contributed by atoms with Crippen LogP contribution in [0.4, 0.5) is 0 Å². The number of hydrogen-bond acceptors (Lipinski definition) is 4. The molecule has 0 radical (unpaired) electrons. The van der Waals surface area contributed by atoms with Crippen LogP contribution in [0.15, 0.2) is 0 Å². The molecule has 15 heavy (non-hydrogen) atoms. The first-order valence-electron chi connectivity index (χ1n) is 5.62. The molecule has 0 aromatic carbocycles. The molecule has 0 aliphatic heterocycles. The zero-order valence-corrected chi connectivity index (χ0v) is 10.6. The van der Waals surface area contributed by atoms with Crippen molar-refractivity contribution in [2.75, 3.05) is 54.1 Å². The van der Waals surface area contributed by atoms with E-state index in [2.05, 4.69) is 17.1 Å². The normalized spacial score (nSPS) is 13.4. The highest BCUT2D eigenvalue weighted by Crippen LogP contribution is 2.00. The van der Waals surface area contributed by atoms with E-state index in [4.69, 9.17) is 9.47 Å². The Morgan fingerprint density at radius 1 is 1.20 bits per heavy atom. The summed E-state index contributed by atoms with van der Waals surface area (Å²) in [5.41, 5.74) is 0. The van der Waals surface area contributed by atoms with Gasteiger partial charge < -0.3 is 14.8 Å². The van der Waals surface area contributed by atoms with E-state index in [0.29, 0.717) is 6.04 Å². The minimum absolute atomic E-state index is 0.460. The summed E-state index contributed by atoms with van der Waals surface area (Å²) in [6, 6.07) is 0.460. The van der Waals surface area contributed by atoms with Gasteiger partial charge in [-0.25, -0.2) is 0 Å². The van der Waals surface area contributed by atoms with E-state index in [-0.39, 0.29) is 0 Å². The van der Waals surface area contributed by atoms with E-state index in [1.54, 1.807) is 14.2 Å². The van der Waals surface area contributed by atoms with Crippen molar-refractivity contribution in [2.45, 2.75) is 19.4 Å². The summed E-state index contributed by atoms with van der Waals surface area (Å²) >= 11 is 0. The predicted molar refractivity (Wildman–Crippen MR) is 63.3 cm³/mol. The molecule has 1 atom stereocenters. The van der Waals surface area contributed by atoms with Crippen molar-refractivity contribution in [3.63, 3.8) is 0 Å². The van der Waals surface area contributed by atoms with Crippen molar-refractivity contribution >= 4 is 0 Å². The van der Waals surface area contributed by atoms with Crippen molar-refractivity contribution in [1.29, 1.82) is 0 Å². The van der Waals surface area contributed by atoms with Crippen LogP contribution in [0.5, 0.6) is 0 Å². The van der Waals surface area contributed by atoms with Gasteiger partial charge in [0.25, 0.3) is 0 Å². The van der Waals surface area contributed by atoms with Crippen LogP contribution in [-0.4, -0.2) is 65.1 Å². The second kappa shape index (κ2) is 10.4. The first-order chi connectivity index (χ1) is 7.26. The van der Waals surface area contributed by atoms with Gasteiger partial charge in [-0.05, 0) is 33.5 Å². The first-order valence-corrected chi connectivity index (χ1v) is 5.62. The molecule has 0 aromatic rings. The summed E-state index contributed by atoms with van der Waals surface area (Å²) in [6.07, 6.45) is 1.16. The van der Waals surface area contributed by atoms with Crippen molar-refractivity contribution < 1.29 is 9.47 Å². The van der Waals surface area contributed by atoms with Crippen LogP contribution in [0.25, 0.3) is 0 Å². The molecule has 0 aromatic heterocycles. The van der Waals surface area contributed by atoms with Crippen molar-refractivity contribution in [3.05, 3.63) is 0 Å². The van der Waals surface area contributed by atoms with E-state index in [0.717, 1.165) is 39.3 Å². The molecule has 92 valence electrons. The highest BCUT2D eigenvalue weighted by Gasteiger charge is 2.12. The maximum atomic E-state index is 5.17. The second-order valence-corrected chi connectivity index (χ2v) is 3.79. The van der Waals surface area contributed by atoms with E-state index in [9.17, 15) is 0 Å². The Morgan fingerprint density at radius 2 is 1.93 bits per heavy atom. The molecule has 1 N–H and O–H groups in total. The topological polar surface area (TPSA) is 33.7 Å². The predicted octanol–water partition coefficient (Wildman–Crippen LogP) is 0.579. The van der Waals surface area contributed by atoms with Gasteiger partial charge in [-0.1, -0.05) is 0 Å². The number of nitrogens with zero attached hydrogens (tertiary/aromatic N) is 1. The lowest BCUT2D eigenvalue weighted by molar-refractivity contribution is 0.0745. The Hall–Kier alpha value is -0.160. The molecule has 0 heterocycles. The molecular weight excluding hydrogens is 192 g/mol. The van der Waals surface area contributed by atoms with Crippen LogP contribution < -0.4 is 5.32 Å². The van der Waals surface area contributed by atoms with Gasteiger partial charge in [-0.3, -0.25) is 4.90 Å². The van der Waals surface area contributed by atoms with Crippen LogP contribution in [0.3, 0.4) is 0 Å². The molecule has 0 spiro atoms. The van der Waals surface area contributed by atoms with E-state index in [1.165, 1.54) is 0 Å². The van der Waals surface area contributed by atoms with Crippen LogP contribution in [0, 0.1) is 0 Å². The molecule has 4 heteroatoms. The SMILES string of the molecule is CNCCCN(CCOC)C(C)COC. The molecule has 0 saturated carbocycles. The molecule has 0 saturated heterocycles. The van der Waals surface area contributed by atoms with Crippen LogP contribution in [0.2, 0.25) is 0 Å². The van der Waals surface area contributed by atoms with Gasteiger partial charge in [0.2, 0.25) is 0 Å². The highest BCUT2D eigenvalue weighted by atomic mass is 16.5. The van der Waals surface area contributed by atoms with Gasteiger partial charge >= 0.3 is 0 Å². The van der Waals surface area contributed by atoms with Gasteiger partial charge in [0.05, 0.1) is 13.2 Å². The Kier molecular flexibility index (Phi) is 10.3. The van der Waals surface area contributed by atoms with Gasteiger partial charge in [0.1, 0.15) is 0 Å². The Bertz CT molecular complexity index is 134. The van der Waals surface area contributed by atoms with Crippen LogP contribution >= 0.6 is 0 Å². The number of nitrogens with one attached hydrogen (secondary N) is 1. The minimum Gasteiger partial charge on any atom is -0.383 e. The average molecular weight is 218 g/mol. The minimum atomic E-state index is 0.460. The fourth-order valence-corrected chi connectivity index (χ4v) is 1.57. The second-order valence-electron chi connectivity index (χ2n) is 3.79. The zero-order valence-electron chi connectivity index (χ0n) is 10.6. The third kappa shape index (κ3) is 7.73. The van der Waals surface area contributed by atoms with Crippen molar-refractivity contribution in [2.24, 2.45) is 0 Å². The number of rotatable bonds is 10. The molecule has 0 aliphatic rings. The largest absolute Gasteiger partial charge is 0.383 e. The molecule has 0 fully saturated rings. The fourth-order valence-electron chi connectivity index (χ4n) is 1.57. The van der Waals surface area contributed by atoms with E-state index < -0.39 is 0 Å². The Labute approximate surface area is 93.9 Å². The lowest BCUT2D eigenvalue weighted by atomic mass is 10.2. The van der Waals surface area contributed by atoms with E-state index >= 15 is 0 Å². The Morgan fingerprint density at radius 3 is 2.47 bits per heavy atom. The van der Waals surface area contributed by atoms with Gasteiger partial charge in [-0.15, -0.1) is 0 Å². The van der Waals surface area contributed by atoms with Crippen LogP contribution in [0.1, 0.15) is 13.3 Å². The van der Waals surface area contributed by atoms with Crippen LogP contribution in [-0.2, 0) is 9.47 Å². The molecular formula is C11H26N2O2. The van der Waals surface area contributed by atoms with Gasteiger partial charge in [-0.2, -0.15) is 0 Å². The molecule has 1 unspecified atom stereocenters. The maximum absolute atomic E-state index is 5.17. The monoisotopic (exact) mass is 218 g/mol. The van der Waals surface area contributed by atoms with Crippen molar-refractivity contribution in [3.8, 4) is 0 Å². The summed E-state index contributed by atoms with van der Waals surface area (Å²) in [5, 5.41) is 3.16. The van der Waals surface area contributed by atoms with Crippen molar-refractivity contribution in [1.82, 2.24) is 10.2 Å². The molecule has 0 amide bonds. The number of hydrogen-bond donors (Lipinski definition) is 1. The highest BCUT2D eigenvalue weighted by molar-refractivity contribution is 4.67. The average Bonchev–Trinajstić information content (AvgIpc) is 2.23. The zero-order chi connectivity index (χ0) is 11.5. The Balaban J connectivity index is 3.81. The summed E-state index contributed by atoms with van der Waals surface area (Å²) in [6.45, 7) is 6.89. The van der Waals surface area contributed by atoms with Gasteiger partial charge in [0, 0.05) is 26.8 Å². The molecule has 0 bridgehead atoms. The smallest absolute Gasteiger partial charge is 0.0615 e. The number of ether oxygens (including phenoxy) is 2. The molecule has 0 aliphatic carbocycles. The quantitative estimate of drug-likeness (QED) is 0.544. The lowest BCUT2D eigenvalue weighted by Gasteiger charge is -2.28.